The zero-order chi connectivity index (χ0) is 40.7. The van der Waals surface area contributed by atoms with E-state index >= 15 is 0 Å². The molecule has 8 atom stereocenters. The normalized spacial score (nSPS) is 22.6. The number of rotatable bonds is 24. The van der Waals surface area contributed by atoms with E-state index in [0.29, 0.717) is 29.9 Å². The molecule has 7 nitrogen and oxygen atoms in total. The third-order valence-corrected chi connectivity index (χ3v) is 22.8. The van der Waals surface area contributed by atoms with Crippen LogP contribution in [0.3, 0.4) is 0 Å². The molecule has 53 heavy (non-hydrogen) atoms. The number of ether oxygens (including phenoxy) is 4. The van der Waals surface area contributed by atoms with Gasteiger partial charge in [0.05, 0.1) is 31.5 Å². The van der Waals surface area contributed by atoms with Crippen LogP contribution in [0.4, 0.5) is 0 Å². The molecular weight excluding hydrogens is 697 g/mol. The highest BCUT2D eigenvalue weighted by Gasteiger charge is 2.47. The number of esters is 1. The molecule has 0 aromatic heterocycles. The van der Waals surface area contributed by atoms with E-state index in [1.54, 1.807) is 7.11 Å². The molecule has 0 unspecified atom stereocenters. The minimum absolute atomic E-state index is 0.00284. The predicted octanol–water partition coefficient (Wildman–Crippen LogP) is 12.1. The van der Waals surface area contributed by atoms with Gasteiger partial charge in [-0.05, 0) is 88.6 Å². The van der Waals surface area contributed by atoms with Gasteiger partial charge in [0.25, 0.3) is 0 Å². The molecule has 1 aliphatic rings. The number of hydrogen-bond donors (Lipinski definition) is 0. The topological polar surface area (TPSA) is 72.5 Å². The summed E-state index contributed by atoms with van der Waals surface area (Å²) in [4.78, 5) is 12.9. The van der Waals surface area contributed by atoms with Crippen molar-refractivity contribution in [2.24, 2.45) is 23.7 Å². The minimum atomic E-state index is -2.13. The zero-order valence-corrected chi connectivity index (χ0v) is 39.6. The second-order valence-electron chi connectivity index (χ2n) is 17.1. The van der Waals surface area contributed by atoms with Crippen molar-refractivity contribution < 1.29 is 32.6 Å². The van der Waals surface area contributed by atoms with Crippen molar-refractivity contribution in [3.8, 4) is 0 Å². The van der Waals surface area contributed by atoms with Crippen LogP contribution in [-0.4, -0.2) is 73.1 Å². The number of hydrogen-bond acceptors (Lipinski definition) is 7. The third kappa shape index (κ3) is 14.1. The van der Waals surface area contributed by atoms with Crippen LogP contribution in [0.1, 0.15) is 131 Å². The summed E-state index contributed by atoms with van der Waals surface area (Å²) in [5.41, 5.74) is 2.92. The van der Waals surface area contributed by atoms with Gasteiger partial charge in [-0.25, -0.2) is 4.79 Å². The molecule has 0 saturated carbocycles. The molecule has 0 aliphatic carbocycles. The SMILES string of the molecule is CCOC(=O)/C(C)=C/[C@@H](C)[C@@H](O[Si](CC)(CC)C(C)C)[C@@H](CC)[C@@H](O[Si](CC)(CC)C(C)C)[C@H](C)C/C(C)=C/C=C/[C@H](OC)[C@@H]1OC(C)(C)OC[C@@H]1C. The lowest BCUT2D eigenvalue weighted by Crippen LogP contribution is -2.54. The molecule has 0 aromatic rings. The summed E-state index contributed by atoms with van der Waals surface area (Å²) in [7, 11) is -2.48. The van der Waals surface area contributed by atoms with E-state index in [4.69, 9.17) is 27.8 Å². The van der Waals surface area contributed by atoms with Crippen molar-refractivity contribution in [2.45, 2.75) is 196 Å². The predicted molar refractivity (Wildman–Crippen MR) is 228 cm³/mol. The first-order valence-corrected chi connectivity index (χ1v) is 26.0. The number of carbonyl (C=O) groups is 1. The van der Waals surface area contributed by atoms with Crippen molar-refractivity contribution in [3.05, 3.63) is 35.5 Å². The summed E-state index contributed by atoms with van der Waals surface area (Å²) >= 11 is 0. The Labute approximate surface area is 329 Å². The monoisotopic (exact) mass is 781 g/mol. The van der Waals surface area contributed by atoms with Gasteiger partial charge in [-0.15, -0.1) is 0 Å². The molecule has 1 fully saturated rings. The molecule has 0 spiro atoms. The van der Waals surface area contributed by atoms with E-state index in [2.05, 4.69) is 114 Å². The molecule has 0 bridgehead atoms. The second-order valence-corrected chi connectivity index (χ2v) is 26.9. The number of methoxy groups -OCH3 is 1. The van der Waals surface area contributed by atoms with E-state index in [9.17, 15) is 4.79 Å². The van der Waals surface area contributed by atoms with Gasteiger partial charge in [-0.2, -0.15) is 0 Å². The Morgan fingerprint density at radius 3 is 1.85 bits per heavy atom. The van der Waals surface area contributed by atoms with Crippen LogP contribution in [0.2, 0.25) is 35.3 Å². The summed E-state index contributed by atoms with van der Waals surface area (Å²) in [6, 6.07) is 4.28. The molecule has 1 heterocycles. The fourth-order valence-electron chi connectivity index (χ4n) is 8.58. The van der Waals surface area contributed by atoms with Crippen molar-refractivity contribution in [2.75, 3.05) is 20.3 Å². The van der Waals surface area contributed by atoms with Gasteiger partial charge in [0.1, 0.15) is 6.10 Å². The molecule has 1 rings (SSSR count). The Kier molecular flexibility index (Phi) is 21.9. The molecule has 0 amide bonds. The van der Waals surface area contributed by atoms with Gasteiger partial charge in [-0.1, -0.05) is 113 Å². The Morgan fingerprint density at radius 1 is 0.868 bits per heavy atom. The van der Waals surface area contributed by atoms with Crippen LogP contribution in [-0.2, 0) is 32.6 Å². The van der Waals surface area contributed by atoms with Gasteiger partial charge >= 0.3 is 5.97 Å². The largest absolute Gasteiger partial charge is 0.463 e. The lowest BCUT2D eigenvalue weighted by molar-refractivity contribution is -0.303. The summed E-state index contributed by atoms with van der Waals surface area (Å²) in [5.74, 6) is -0.249. The van der Waals surface area contributed by atoms with Gasteiger partial charge in [0, 0.05) is 30.4 Å². The minimum Gasteiger partial charge on any atom is -0.463 e. The average Bonchev–Trinajstić information content (AvgIpc) is 3.10. The number of allylic oxidation sites excluding steroid dienone is 3. The lowest BCUT2D eigenvalue weighted by Gasteiger charge is -2.48. The summed E-state index contributed by atoms with van der Waals surface area (Å²) < 4.78 is 38.9. The molecule has 0 N–H and O–H groups in total. The second kappa shape index (κ2) is 23.2. The third-order valence-electron chi connectivity index (χ3n) is 12.3. The Bertz CT molecular complexity index is 1150. The van der Waals surface area contributed by atoms with E-state index in [1.807, 2.05) is 27.7 Å². The standard InChI is InChI=1S/C44H84O7Si2/c1-19-38(41(51-53(23-5,24-6)32(9)10)35(13)29-36(14)43(45)47-20-2)40(50-52(21-3,22-4)31(7)8)34(12)28-33(11)26-25-27-39(46-18)42-37(15)30-48-44(16,17)49-42/h25-27,29,31-32,34-35,37-42H,19-24,28,30H2,1-18H3/b27-25+,33-26+,36-29+/t34-,35-,37+,38+,39+,40+,41-,42-/m1/s1. The Hall–Kier alpha value is -1.08. The van der Waals surface area contributed by atoms with Gasteiger partial charge in [0.2, 0.25) is 0 Å². The highest BCUT2D eigenvalue weighted by atomic mass is 28.4. The molecular formula is C44H84O7Si2. The fourth-order valence-corrected chi connectivity index (χ4v) is 15.9. The van der Waals surface area contributed by atoms with Crippen molar-refractivity contribution >= 4 is 22.6 Å². The summed E-state index contributed by atoms with van der Waals surface area (Å²) in [5, 5.41) is 0. The van der Waals surface area contributed by atoms with Crippen LogP contribution in [0.25, 0.3) is 0 Å². The van der Waals surface area contributed by atoms with E-state index in [-0.39, 0.29) is 54.1 Å². The first-order chi connectivity index (χ1) is 24.8. The van der Waals surface area contributed by atoms with Crippen molar-refractivity contribution in [3.63, 3.8) is 0 Å². The number of carbonyl (C=O) groups excluding carboxylic acids is 1. The van der Waals surface area contributed by atoms with Gasteiger partial charge in [0.15, 0.2) is 22.4 Å². The van der Waals surface area contributed by atoms with Crippen LogP contribution >= 0.6 is 0 Å². The highest BCUT2D eigenvalue weighted by molar-refractivity contribution is 6.75. The van der Waals surface area contributed by atoms with E-state index in [0.717, 1.165) is 37.0 Å². The Morgan fingerprint density at radius 2 is 1.40 bits per heavy atom. The molecule has 310 valence electrons. The van der Waals surface area contributed by atoms with Crippen molar-refractivity contribution in [1.29, 1.82) is 0 Å². The van der Waals surface area contributed by atoms with Crippen LogP contribution in [0.5, 0.6) is 0 Å². The van der Waals surface area contributed by atoms with E-state index in [1.165, 1.54) is 5.57 Å². The molecule has 0 aromatic carbocycles. The van der Waals surface area contributed by atoms with Crippen LogP contribution in [0.15, 0.2) is 35.5 Å². The molecule has 0 radical (unpaired) electrons. The quantitative estimate of drug-likeness (QED) is 0.0418. The molecule has 1 aliphatic heterocycles. The molecule has 1 saturated heterocycles. The van der Waals surface area contributed by atoms with Gasteiger partial charge in [-0.3, -0.25) is 0 Å². The van der Waals surface area contributed by atoms with Crippen LogP contribution < -0.4 is 0 Å². The summed E-state index contributed by atoms with van der Waals surface area (Å²) in [6.45, 7) is 38.7. The fraction of sp³-hybridized carbons (Fsp3) is 0.841. The highest BCUT2D eigenvalue weighted by Crippen LogP contribution is 2.42. The van der Waals surface area contributed by atoms with E-state index < -0.39 is 22.4 Å². The maximum Gasteiger partial charge on any atom is 0.333 e. The first kappa shape index (κ1) is 49.9. The lowest BCUT2D eigenvalue weighted by atomic mass is 9.79. The maximum atomic E-state index is 12.9. The summed E-state index contributed by atoms with van der Waals surface area (Å²) in [6.07, 6.45) is 10.1. The van der Waals surface area contributed by atoms with Gasteiger partial charge < -0.3 is 27.8 Å². The molecule has 9 heteroatoms. The maximum absolute atomic E-state index is 12.9. The van der Waals surface area contributed by atoms with Crippen LogP contribution in [0, 0.1) is 23.7 Å². The zero-order valence-electron chi connectivity index (χ0n) is 37.6. The van der Waals surface area contributed by atoms with Crippen molar-refractivity contribution in [1.82, 2.24) is 0 Å². The average molecular weight is 781 g/mol. The first-order valence-electron chi connectivity index (χ1n) is 21.2. The smallest absolute Gasteiger partial charge is 0.333 e. The Balaban J connectivity index is 3.74.